The summed E-state index contributed by atoms with van der Waals surface area (Å²) in [4.78, 5) is 10.5. The van der Waals surface area contributed by atoms with Gasteiger partial charge < -0.3 is 9.73 Å². The van der Waals surface area contributed by atoms with Crippen LogP contribution in [0.25, 0.3) is 55.0 Å². The maximum atomic E-state index is 6.58. The predicted molar refractivity (Wildman–Crippen MR) is 194 cm³/mol. The molecule has 0 saturated carbocycles. The van der Waals surface area contributed by atoms with Crippen LogP contribution >= 0.6 is 0 Å². The number of furan rings is 1. The predicted octanol–water partition coefficient (Wildman–Crippen LogP) is 10.6. The molecule has 1 N–H and O–H groups in total. The van der Waals surface area contributed by atoms with Crippen LogP contribution in [0.5, 0.6) is 0 Å². The molecule has 1 aromatic heterocycles. The van der Waals surface area contributed by atoms with Gasteiger partial charge >= 0.3 is 0 Å². The molecule has 222 valence electrons. The lowest BCUT2D eigenvalue weighted by atomic mass is 9.97. The summed E-state index contributed by atoms with van der Waals surface area (Å²) >= 11 is 0. The van der Waals surface area contributed by atoms with Gasteiger partial charge in [0.25, 0.3) is 0 Å². The summed E-state index contributed by atoms with van der Waals surface area (Å²) in [6.07, 6.45) is -0.431. The summed E-state index contributed by atoms with van der Waals surface area (Å²) in [7, 11) is 0. The molecule has 0 saturated heterocycles. The largest absolute Gasteiger partial charge is 0.455 e. The number of nitrogens with zero attached hydrogens (tertiary/aromatic N) is 2. The number of rotatable bonds is 5. The standard InChI is InChI=1S/C43H29N3O/c1-3-11-28(12-4-1)30-19-22-32(23-20-30)41-44-42(34-24-21-29-13-7-8-16-33(29)27-34)46-43(45-41)37-26-25-35(31-14-5-2-6-15-31)40-39(37)36-17-9-10-18-38(36)47-40/h1-27,41H,(H,44,45,46). The first-order valence-electron chi connectivity index (χ1n) is 15.9. The molecule has 1 aliphatic rings. The number of amidine groups is 2. The lowest BCUT2D eigenvalue weighted by Gasteiger charge is -2.23. The molecule has 4 nitrogen and oxygen atoms in total. The number of aliphatic imine (C=N–C) groups is 2. The Morgan fingerprint density at radius 3 is 1.89 bits per heavy atom. The fourth-order valence-corrected chi connectivity index (χ4v) is 6.57. The van der Waals surface area contributed by atoms with Gasteiger partial charge in [-0.25, -0.2) is 9.98 Å². The molecule has 9 rings (SSSR count). The van der Waals surface area contributed by atoms with Gasteiger partial charge in [-0.05, 0) is 57.3 Å². The number of benzene rings is 7. The second kappa shape index (κ2) is 11.3. The Labute approximate surface area is 272 Å². The van der Waals surface area contributed by atoms with E-state index in [9.17, 15) is 0 Å². The fourth-order valence-electron chi connectivity index (χ4n) is 6.57. The van der Waals surface area contributed by atoms with Crippen LogP contribution in [-0.4, -0.2) is 11.7 Å². The second-order valence-corrected chi connectivity index (χ2v) is 11.8. The molecule has 47 heavy (non-hydrogen) atoms. The molecule has 0 bridgehead atoms. The zero-order valence-corrected chi connectivity index (χ0v) is 25.5. The number of hydrogen-bond donors (Lipinski definition) is 1. The number of nitrogens with one attached hydrogen (secondary N) is 1. The summed E-state index contributed by atoms with van der Waals surface area (Å²) in [5.74, 6) is 1.54. The van der Waals surface area contributed by atoms with Gasteiger partial charge in [0, 0.05) is 27.5 Å². The Balaban J connectivity index is 1.22. The van der Waals surface area contributed by atoms with Crippen molar-refractivity contribution in [1.82, 2.24) is 5.32 Å². The molecule has 1 unspecified atom stereocenters. The Bertz CT molecular complexity index is 2480. The Morgan fingerprint density at radius 2 is 1.09 bits per heavy atom. The SMILES string of the molecule is c1ccc(-c2ccc(C3N=C(c4ccc5ccccc5c4)NC(c4ccc(-c5ccccc5)c5oc6ccccc6c45)=N3)cc2)cc1. The van der Waals surface area contributed by atoms with Crippen molar-refractivity contribution in [2.75, 3.05) is 0 Å². The van der Waals surface area contributed by atoms with E-state index in [2.05, 4.69) is 145 Å². The van der Waals surface area contributed by atoms with E-state index >= 15 is 0 Å². The molecular weight excluding hydrogens is 574 g/mol. The number of hydrogen-bond acceptors (Lipinski definition) is 4. The van der Waals surface area contributed by atoms with Gasteiger partial charge in [0.1, 0.15) is 22.8 Å². The first-order valence-corrected chi connectivity index (χ1v) is 15.9. The van der Waals surface area contributed by atoms with E-state index in [0.717, 1.165) is 72.4 Å². The van der Waals surface area contributed by atoms with E-state index in [0.29, 0.717) is 0 Å². The monoisotopic (exact) mass is 603 g/mol. The van der Waals surface area contributed by atoms with Crippen LogP contribution in [-0.2, 0) is 0 Å². The van der Waals surface area contributed by atoms with Gasteiger partial charge in [0.15, 0.2) is 6.17 Å². The summed E-state index contributed by atoms with van der Waals surface area (Å²) in [6.45, 7) is 0. The normalized spacial score (nSPS) is 14.6. The molecule has 0 radical (unpaired) electrons. The lowest BCUT2D eigenvalue weighted by molar-refractivity contribution is 0.670. The van der Waals surface area contributed by atoms with E-state index in [1.54, 1.807) is 0 Å². The minimum absolute atomic E-state index is 0.431. The summed E-state index contributed by atoms with van der Waals surface area (Å²) in [5, 5.41) is 8.10. The van der Waals surface area contributed by atoms with E-state index in [1.165, 1.54) is 10.9 Å². The molecule has 4 heteroatoms. The highest BCUT2D eigenvalue weighted by Crippen LogP contribution is 2.39. The molecule has 8 aromatic rings. The number of fused-ring (bicyclic) bond motifs is 4. The third-order valence-corrected chi connectivity index (χ3v) is 8.94. The zero-order valence-electron chi connectivity index (χ0n) is 25.5. The van der Waals surface area contributed by atoms with Crippen molar-refractivity contribution in [1.29, 1.82) is 0 Å². The van der Waals surface area contributed by atoms with E-state index in [1.807, 2.05) is 24.3 Å². The molecule has 0 amide bonds. The molecule has 1 aliphatic heterocycles. The average molecular weight is 604 g/mol. The Morgan fingerprint density at radius 1 is 0.468 bits per heavy atom. The highest BCUT2D eigenvalue weighted by atomic mass is 16.3. The maximum Gasteiger partial charge on any atom is 0.169 e. The minimum atomic E-state index is -0.431. The smallest absolute Gasteiger partial charge is 0.169 e. The molecule has 0 fully saturated rings. The third kappa shape index (κ3) is 4.88. The molecule has 0 spiro atoms. The third-order valence-electron chi connectivity index (χ3n) is 8.94. The van der Waals surface area contributed by atoms with Crippen molar-refractivity contribution in [2.24, 2.45) is 9.98 Å². The molecular formula is C43H29N3O. The van der Waals surface area contributed by atoms with Crippen LogP contribution in [0.1, 0.15) is 22.9 Å². The van der Waals surface area contributed by atoms with Crippen LogP contribution in [0.15, 0.2) is 178 Å². The fraction of sp³-hybridized carbons (Fsp3) is 0.0233. The van der Waals surface area contributed by atoms with E-state index in [-0.39, 0.29) is 0 Å². The van der Waals surface area contributed by atoms with Crippen LogP contribution < -0.4 is 5.32 Å². The van der Waals surface area contributed by atoms with Crippen molar-refractivity contribution >= 4 is 44.4 Å². The highest BCUT2D eigenvalue weighted by molar-refractivity contribution is 6.25. The Kier molecular flexibility index (Phi) is 6.50. The quantitative estimate of drug-likeness (QED) is 0.213. The highest BCUT2D eigenvalue weighted by Gasteiger charge is 2.25. The Hall–Kier alpha value is -6.26. The maximum absolute atomic E-state index is 6.58. The summed E-state index contributed by atoms with van der Waals surface area (Å²) < 4.78 is 6.58. The lowest BCUT2D eigenvalue weighted by Crippen LogP contribution is -2.36. The zero-order chi connectivity index (χ0) is 31.2. The molecule has 1 atom stereocenters. The van der Waals surface area contributed by atoms with Crippen LogP contribution in [0.4, 0.5) is 0 Å². The van der Waals surface area contributed by atoms with Crippen LogP contribution in [0, 0.1) is 0 Å². The van der Waals surface area contributed by atoms with Crippen LogP contribution in [0.3, 0.4) is 0 Å². The van der Waals surface area contributed by atoms with Gasteiger partial charge in [-0.1, -0.05) is 140 Å². The second-order valence-electron chi connectivity index (χ2n) is 11.8. The summed E-state index contributed by atoms with van der Waals surface area (Å²) in [5.41, 5.74) is 9.20. The average Bonchev–Trinajstić information content (AvgIpc) is 3.55. The van der Waals surface area contributed by atoms with E-state index < -0.39 is 6.17 Å². The van der Waals surface area contributed by atoms with Crippen molar-refractivity contribution in [3.63, 3.8) is 0 Å². The van der Waals surface area contributed by atoms with E-state index in [4.69, 9.17) is 14.4 Å². The van der Waals surface area contributed by atoms with Crippen molar-refractivity contribution in [2.45, 2.75) is 6.17 Å². The topological polar surface area (TPSA) is 49.9 Å². The van der Waals surface area contributed by atoms with Gasteiger partial charge in [0.05, 0.1) is 0 Å². The van der Waals surface area contributed by atoms with Crippen molar-refractivity contribution < 1.29 is 4.42 Å². The van der Waals surface area contributed by atoms with Gasteiger partial charge in [-0.2, -0.15) is 0 Å². The number of para-hydroxylation sites is 1. The first-order chi connectivity index (χ1) is 23.3. The molecule has 7 aromatic carbocycles. The van der Waals surface area contributed by atoms with Gasteiger partial charge in [-0.3, -0.25) is 0 Å². The molecule has 2 heterocycles. The van der Waals surface area contributed by atoms with Gasteiger partial charge in [0.2, 0.25) is 0 Å². The van der Waals surface area contributed by atoms with Crippen molar-refractivity contribution in [3.8, 4) is 22.3 Å². The minimum Gasteiger partial charge on any atom is -0.455 e. The van der Waals surface area contributed by atoms with Crippen molar-refractivity contribution in [3.05, 3.63) is 180 Å². The molecule has 0 aliphatic carbocycles. The van der Waals surface area contributed by atoms with Crippen LogP contribution in [0.2, 0.25) is 0 Å². The summed E-state index contributed by atoms with van der Waals surface area (Å²) in [6, 6.07) is 56.9. The first kappa shape index (κ1) is 27.1. The van der Waals surface area contributed by atoms with Gasteiger partial charge in [-0.15, -0.1) is 0 Å².